The average Bonchev–Trinajstić information content (AvgIpc) is 3.70. The first-order valence-electron chi connectivity index (χ1n) is 20.3. The SMILES string of the molecule is C=C(C)C1(C(=O)N[C@@H]2C[C@H](C(=O)N3CCCC3)C2(C)C)CCC2CCC3(C)C(CCC4C5(C)CCC(OC(C)=O)C(C)(C)C5CCC43C)C21. The van der Waals surface area contributed by atoms with Crippen molar-refractivity contribution in [3.63, 3.8) is 0 Å². The van der Waals surface area contributed by atoms with E-state index in [0.717, 1.165) is 63.6 Å². The van der Waals surface area contributed by atoms with Gasteiger partial charge in [0.15, 0.2) is 0 Å². The zero-order valence-corrected chi connectivity index (χ0v) is 32.5. The van der Waals surface area contributed by atoms with Crippen molar-refractivity contribution in [3.05, 3.63) is 12.2 Å². The van der Waals surface area contributed by atoms with Gasteiger partial charge in [0.2, 0.25) is 11.8 Å². The molecule has 1 aliphatic heterocycles. The van der Waals surface area contributed by atoms with Crippen molar-refractivity contribution in [2.75, 3.05) is 13.1 Å². The van der Waals surface area contributed by atoms with E-state index in [1.165, 1.54) is 38.5 Å². The molecule has 0 bridgehead atoms. The van der Waals surface area contributed by atoms with Gasteiger partial charge >= 0.3 is 5.97 Å². The number of nitrogens with one attached hydrogen (secondary N) is 1. The summed E-state index contributed by atoms with van der Waals surface area (Å²) in [7, 11) is 0. The molecule has 1 heterocycles. The van der Waals surface area contributed by atoms with E-state index in [4.69, 9.17) is 4.74 Å². The fourth-order valence-electron chi connectivity index (χ4n) is 15.0. The van der Waals surface area contributed by atoms with E-state index >= 15 is 0 Å². The summed E-state index contributed by atoms with van der Waals surface area (Å²) < 4.78 is 5.97. The Morgan fingerprint density at radius 1 is 0.755 bits per heavy atom. The van der Waals surface area contributed by atoms with Crippen LogP contribution in [-0.4, -0.2) is 47.9 Å². The number of carbonyl (C=O) groups excluding carboxylic acids is 3. The van der Waals surface area contributed by atoms with Crippen molar-refractivity contribution in [1.82, 2.24) is 10.2 Å². The number of likely N-dealkylation sites (tertiary alicyclic amines) is 1. The topological polar surface area (TPSA) is 75.7 Å². The molecule has 12 atom stereocenters. The number of hydrogen-bond acceptors (Lipinski definition) is 4. The van der Waals surface area contributed by atoms with Crippen LogP contribution < -0.4 is 5.32 Å². The van der Waals surface area contributed by atoms with Gasteiger partial charge in [-0.3, -0.25) is 14.4 Å². The Kier molecular flexibility index (Phi) is 8.40. The molecule has 7 fully saturated rings. The Bertz CT molecular complexity index is 1400. The van der Waals surface area contributed by atoms with Crippen molar-refractivity contribution >= 4 is 17.8 Å². The molecular weight excluding hydrogens is 608 g/mol. The minimum absolute atomic E-state index is 0.00255. The van der Waals surface area contributed by atoms with Crippen molar-refractivity contribution in [1.29, 1.82) is 0 Å². The molecule has 6 heteroatoms. The molecule has 6 saturated carbocycles. The second-order valence-corrected chi connectivity index (χ2v) is 20.4. The van der Waals surface area contributed by atoms with Crippen LogP contribution in [0, 0.1) is 68.0 Å². The molecule has 6 aliphatic carbocycles. The molecule has 0 aromatic carbocycles. The van der Waals surface area contributed by atoms with Crippen LogP contribution in [0.4, 0.5) is 0 Å². The maximum absolute atomic E-state index is 14.9. The molecule has 10 unspecified atom stereocenters. The first-order valence-corrected chi connectivity index (χ1v) is 20.3. The Labute approximate surface area is 297 Å². The minimum atomic E-state index is -0.536. The zero-order chi connectivity index (χ0) is 35.5. The predicted octanol–water partition coefficient (Wildman–Crippen LogP) is 8.73. The van der Waals surface area contributed by atoms with Gasteiger partial charge in [-0.1, -0.05) is 60.6 Å². The fourth-order valence-corrected chi connectivity index (χ4v) is 15.0. The minimum Gasteiger partial charge on any atom is -0.462 e. The van der Waals surface area contributed by atoms with Gasteiger partial charge in [0, 0.05) is 37.4 Å². The summed E-state index contributed by atoms with van der Waals surface area (Å²) in [4.78, 5) is 42.5. The first kappa shape index (κ1) is 35.5. The smallest absolute Gasteiger partial charge is 0.302 e. The lowest BCUT2D eigenvalue weighted by Crippen LogP contribution is -2.67. The maximum atomic E-state index is 14.9. The molecule has 7 aliphatic rings. The standard InChI is InChI=1S/C43H68N2O4/c1-26(2)43(37(48)44-33-25-30(38(33,4)5)36(47)45-23-11-12-24-45)22-16-28-15-20-41(9)29(35(28)43)13-14-32-40(8)19-18-34(49-27(3)46)39(6,7)31(40)17-21-42(32,41)10/h28-35H,1,11-25H2,2-10H3,(H,44,48)/t28?,29?,30-,31?,32?,33-,34?,35?,40?,41?,42?,43?/m1/s1. The van der Waals surface area contributed by atoms with Crippen molar-refractivity contribution in [3.8, 4) is 0 Å². The highest BCUT2D eigenvalue weighted by Crippen LogP contribution is 2.77. The number of ether oxygens (including phenoxy) is 1. The van der Waals surface area contributed by atoms with Crippen LogP contribution in [0.15, 0.2) is 12.2 Å². The second kappa shape index (κ2) is 11.6. The van der Waals surface area contributed by atoms with Crippen molar-refractivity contribution in [2.24, 2.45) is 68.0 Å². The van der Waals surface area contributed by atoms with Crippen LogP contribution in [0.3, 0.4) is 0 Å². The number of hydrogen-bond donors (Lipinski definition) is 1. The number of carbonyl (C=O) groups is 3. The van der Waals surface area contributed by atoms with E-state index < -0.39 is 5.41 Å². The van der Waals surface area contributed by atoms with Crippen LogP contribution in [-0.2, 0) is 19.1 Å². The van der Waals surface area contributed by atoms with Gasteiger partial charge in [0.1, 0.15) is 6.10 Å². The molecule has 0 spiro atoms. The van der Waals surface area contributed by atoms with Gasteiger partial charge in [-0.25, -0.2) is 0 Å². The molecule has 0 radical (unpaired) electrons. The molecule has 7 rings (SSSR count). The summed E-state index contributed by atoms with van der Waals surface area (Å²) in [6.45, 7) is 27.1. The highest BCUT2D eigenvalue weighted by molar-refractivity contribution is 5.88. The zero-order valence-electron chi connectivity index (χ0n) is 32.5. The predicted molar refractivity (Wildman–Crippen MR) is 194 cm³/mol. The average molecular weight is 677 g/mol. The van der Waals surface area contributed by atoms with Crippen LogP contribution in [0.25, 0.3) is 0 Å². The van der Waals surface area contributed by atoms with Crippen LogP contribution >= 0.6 is 0 Å². The molecule has 1 saturated heterocycles. The van der Waals surface area contributed by atoms with E-state index in [1.807, 2.05) is 0 Å². The van der Waals surface area contributed by atoms with Crippen molar-refractivity contribution in [2.45, 2.75) is 158 Å². The van der Waals surface area contributed by atoms with Gasteiger partial charge in [-0.05, 0) is 142 Å². The molecule has 49 heavy (non-hydrogen) atoms. The Morgan fingerprint density at radius 2 is 1.41 bits per heavy atom. The van der Waals surface area contributed by atoms with Crippen LogP contribution in [0.2, 0.25) is 0 Å². The summed E-state index contributed by atoms with van der Waals surface area (Å²) in [5.74, 6) is 2.91. The molecular formula is C43H68N2O4. The largest absolute Gasteiger partial charge is 0.462 e. The number of fused-ring (bicyclic) bond motifs is 7. The van der Waals surface area contributed by atoms with Gasteiger partial charge in [0.05, 0.1) is 5.41 Å². The Balaban J connectivity index is 1.15. The lowest BCUT2D eigenvalue weighted by Gasteiger charge is -2.72. The second-order valence-electron chi connectivity index (χ2n) is 20.4. The van der Waals surface area contributed by atoms with Gasteiger partial charge < -0.3 is 15.0 Å². The molecule has 274 valence electrons. The fraction of sp³-hybridized carbons (Fsp3) is 0.884. The third-order valence-electron chi connectivity index (χ3n) is 18.1. The first-order chi connectivity index (χ1) is 22.9. The quantitative estimate of drug-likeness (QED) is 0.234. The van der Waals surface area contributed by atoms with E-state index in [-0.39, 0.29) is 57.0 Å². The number of amides is 2. The molecule has 2 amide bonds. The van der Waals surface area contributed by atoms with Crippen molar-refractivity contribution < 1.29 is 19.1 Å². The number of rotatable bonds is 5. The summed E-state index contributed by atoms with van der Waals surface area (Å²) in [6.07, 6.45) is 14.4. The summed E-state index contributed by atoms with van der Waals surface area (Å²) >= 11 is 0. The van der Waals surface area contributed by atoms with Crippen LogP contribution in [0.1, 0.15) is 146 Å². The lowest BCUT2D eigenvalue weighted by atomic mass is 9.32. The summed E-state index contributed by atoms with van der Waals surface area (Å²) in [6, 6.07) is 0.0238. The molecule has 0 aromatic rings. The highest BCUT2D eigenvalue weighted by Gasteiger charge is 2.71. The monoisotopic (exact) mass is 677 g/mol. The highest BCUT2D eigenvalue weighted by atomic mass is 16.5. The van der Waals surface area contributed by atoms with E-state index in [2.05, 4.69) is 72.2 Å². The summed E-state index contributed by atoms with van der Waals surface area (Å²) in [5, 5.41) is 3.62. The number of nitrogens with zero attached hydrogens (tertiary/aromatic N) is 1. The van der Waals surface area contributed by atoms with E-state index in [0.29, 0.717) is 35.5 Å². The van der Waals surface area contributed by atoms with E-state index in [9.17, 15) is 14.4 Å². The Morgan fingerprint density at radius 3 is 2.04 bits per heavy atom. The van der Waals surface area contributed by atoms with Gasteiger partial charge in [-0.15, -0.1) is 0 Å². The van der Waals surface area contributed by atoms with Crippen LogP contribution in [0.5, 0.6) is 0 Å². The summed E-state index contributed by atoms with van der Waals surface area (Å²) in [5.41, 5.74) is 0.817. The third-order valence-corrected chi connectivity index (χ3v) is 18.1. The molecule has 0 aromatic heterocycles. The maximum Gasteiger partial charge on any atom is 0.302 e. The van der Waals surface area contributed by atoms with Gasteiger partial charge in [-0.2, -0.15) is 0 Å². The Hall–Kier alpha value is -1.85. The number of esters is 1. The lowest BCUT2D eigenvalue weighted by molar-refractivity contribution is -0.246. The van der Waals surface area contributed by atoms with E-state index in [1.54, 1.807) is 6.92 Å². The normalized spacial score (nSPS) is 47.8. The third kappa shape index (κ3) is 4.78. The molecule has 1 N–H and O–H groups in total. The van der Waals surface area contributed by atoms with Gasteiger partial charge in [0.25, 0.3) is 0 Å². The molecule has 6 nitrogen and oxygen atoms in total.